The summed E-state index contributed by atoms with van der Waals surface area (Å²) >= 11 is 3.33. The third-order valence-electron chi connectivity index (χ3n) is 3.99. The Morgan fingerprint density at radius 3 is 2.73 bits per heavy atom. The van der Waals surface area contributed by atoms with Crippen LogP contribution in [-0.4, -0.2) is 36.9 Å². The molecular formula is C18H15BrF2N2O3. The van der Waals surface area contributed by atoms with Crippen LogP contribution in [-0.2, 0) is 16.1 Å². The molecule has 0 aliphatic carbocycles. The van der Waals surface area contributed by atoms with Crippen molar-refractivity contribution in [1.29, 1.82) is 0 Å². The number of hydrogen-bond acceptors (Lipinski definition) is 3. The number of rotatable bonds is 4. The lowest BCUT2D eigenvalue weighted by molar-refractivity contribution is -0.131. The fourth-order valence-corrected chi connectivity index (χ4v) is 2.95. The molecule has 0 aromatic heterocycles. The number of amides is 2. The van der Waals surface area contributed by atoms with Gasteiger partial charge in [-0.1, -0.05) is 22.0 Å². The van der Waals surface area contributed by atoms with Crippen molar-refractivity contribution in [1.82, 2.24) is 4.90 Å². The van der Waals surface area contributed by atoms with Gasteiger partial charge in [-0.15, -0.1) is 0 Å². The first-order valence-electron chi connectivity index (χ1n) is 7.76. The fraction of sp³-hybridized carbons (Fsp3) is 0.222. The zero-order chi connectivity index (χ0) is 18.8. The molecule has 0 fully saturated rings. The lowest BCUT2D eigenvalue weighted by Gasteiger charge is -2.30. The Morgan fingerprint density at radius 1 is 1.23 bits per heavy atom. The van der Waals surface area contributed by atoms with E-state index in [0.29, 0.717) is 17.0 Å². The molecule has 136 valence electrons. The second-order valence-corrected chi connectivity index (χ2v) is 6.79. The summed E-state index contributed by atoms with van der Waals surface area (Å²) in [6.07, 6.45) is 0. The minimum Gasteiger partial charge on any atom is -0.482 e. The molecule has 0 bridgehead atoms. The van der Waals surface area contributed by atoms with Gasteiger partial charge < -0.3 is 9.64 Å². The molecule has 2 aromatic carbocycles. The van der Waals surface area contributed by atoms with Crippen molar-refractivity contribution in [3.8, 4) is 5.75 Å². The molecule has 0 radical (unpaired) electrons. The molecule has 2 aromatic rings. The summed E-state index contributed by atoms with van der Waals surface area (Å²) in [5.41, 5.74) is 0.969. The van der Waals surface area contributed by atoms with Crippen LogP contribution in [0.15, 0.2) is 40.9 Å². The minimum atomic E-state index is -0.966. The number of benzene rings is 2. The Kier molecular flexibility index (Phi) is 5.22. The molecule has 0 atom stereocenters. The molecule has 0 saturated carbocycles. The highest BCUT2D eigenvalue weighted by atomic mass is 79.9. The molecule has 0 unspecified atom stereocenters. The van der Waals surface area contributed by atoms with Crippen molar-refractivity contribution >= 4 is 33.4 Å². The number of halogens is 3. The van der Waals surface area contributed by atoms with Crippen molar-refractivity contribution in [2.24, 2.45) is 0 Å². The van der Waals surface area contributed by atoms with Crippen LogP contribution in [0.25, 0.3) is 0 Å². The van der Waals surface area contributed by atoms with Crippen LogP contribution in [0.3, 0.4) is 0 Å². The molecule has 3 rings (SSSR count). The molecule has 2 amide bonds. The monoisotopic (exact) mass is 424 g/mol. The number of carbonyl (C=O) groups excluding carboxylic acids is 2. The maximum atomic E-state index is 13.3. The summed E-state index contributed by atoms with van der Waals surface area (Å²) in [7, 11) is 1.54. The molecule has 1 aliphatic rings. The van der Waals surface area contributed by atoms with Gasteiger partial charge in [0.25, 0.3) is 5.91 Å². The minimum absolute atomic E-state index is 0.0990. The first-order chi connectivity index (χ1) is 12.3. The third-order valence-corrected chi connectivity index (χ3v) is 4.48. The Bertz CT molecular complexity index is 876. The standard InChI is InChI=1S/C18H15BrF2N2O3/c1-22(8-11-2-4-13(20)14(21)6-11)17(24)9-23-15-5-3-12(19)7-16(15)26-10-18(23)25/h2-7H,8-10H2,1H3. The Hall–Kier alpha value is -2.48. The SMILES string of the molecule is CN(Cc1ccc(F)c(F)c1)C(=O)CN1C(=O)COc2cc(Br)ccc21. The summed E-state index contributed by atoms with van der Waals surface area (Å²) in [6.45, 7) is -0.220. The van der Waals surface area contributed by atoms with E-state index >= 15 is 0 Å². The second-order valence-electron chi connectivity index (χ2n) is 5.88. The summed E-state index contributed by atoms with van der Waals surface area (Å²) in [6, 6.07) is 8.65. The van der Waals surface area contributed by atoms with Crippen molar-refractivity contribution in [3.63, 3.8) is 0 Å². The van der Waals surface area contributed by atoms with Gasteiger partial charge in [0.1, 0.15) is 12.3 Å². The summed E-state index contributed by atoms with van der Waals surface area (Å²) in [5, 5.41) is 0. The number of anilines is 1. The van der Waals surface area contributed by atoms with E-state index in [4.69, 9.17) is 4.74 Å². The summed E-state index contributed by atoms with van der Waals surface area (Å²) in [5.74, 6) is -2.06. The molecule has 0 saturated heterocycles. The van der Waals surface area contributed by atoms with Gasteiger partial charge in [-0.2, -0.15) is 0 Å². The van der Waals surface area contributed by atoms with Gasteiger partial charge in [0.15, 0.2) is 18.2 Å². The van der Waals surface area contributed by atoms with Gasteiger partial charge in [0.2, 0.25) is 5.91 Å². The predicted octanol–water partition coefficient (Wildman–Crippen LogP) is 3.11. The highest BCUT2D eigenvalue weighted by Gasteiger charge is 2.28. The summed E-state index contributed by atoms with van der Waals surface area (Å²) < 4.78 is 32.5. The Labute approximate surface area is 157 Å². The van der Waals surface area contributed by atoms with Crippen LogP contribution < -0.4 is 9.64 Å². The number of likely N-dealkylation sites (N-methyl/N-ethyl adjacent to an activating group) is 1. The third kappa shape index (κ3) is 3.85. The van der Waals surface area contributed by atoms with Crippen LogP contribution in [0.4, 0.5) is 14.5 Å². The Balaban J connectivity index is 1.72. The van der Waals surface area contributed by atoms with Crippen LogP contribution in [0.1, 0.15) is 5.56 Å². The van der Waals surface area contributed by atoms with E-state index in [1.54, 1.807) is 18.2 Å². The van der Waals surface area contributed by atoms with Gasteiger partial charge in [0.05, 0.1) is 5.69 Å². The zero-order valence-corrected chi connectivity index (χ0v) is 15.4. The van der Waals surface area contributed by atoms with Crippen LogP contribution in [0.2, 0.25) is 0 Å². The van der Waals surface area contributed by atoms with E-state index in [-0.39, 0.29) is 31.5 Å². The van der Waals surface area contributed by atoms with E-state index in [9.17, 15) is 18.4 Å². The van der Waals surface area contributed by atoms with Crippen molar-refractivity contribution < 1.29 is 23.1 Å². The topological polar surface area (TPSA) is 49.9 Å². The quantitative estimate of drug-likeness (QED) is 0.757. The van der Waals surface area contributed by atoms with Gasteiger partial charge in [0, 0.05) is 18.1 Å². The highest BCUT2D eigenvalue weighted by molar-refractivity contribution is 9.10. The normalized spacial score (nSPS) is 13.2. The first-order valence-corrected chi connectivity index (χ1v) is 8.55. The van der Waals surface area contributed by atoms with E-state index in [1.165, 1.54) is 22.9 Å². The van der Waals surface area contributed by atoms with Gasteiger partial charge in [-0.25, -0.2) is 8.78 Å². The molecule has 1 aliphatic heterocycles. The van der Waals surface area contributed by atoms with E-state index < -0.39 is 11.6 Å². The number of ether oxygens (including phenoxy) is 1. The molecule has 0 spiro atoms. The second kappa shape index (κ2) is 7.41. The number of nitrogens with zero attached hydrogens (tertiary/aromatic N) is 2. The molecule has 1 heterocycles. The highest BCUT2D eigenvalue weighted by Crippen LogP contribution is 2.34. The fourth-order valence-electron chi connectivity index (χ4n) is 2.61. The van der Waals surface area contributed by atoms with E-state index in [2.05, 4.69) is 15.9 Å². The van der Waals surface area contributed by atoms with E-state index in [0.717, 1.165) is 16.6 Å². The Morgan fingerprint density at radius 2 is 2.00 bits per heavy atom. The average Bonchev–Trinajstić information content (AvgIpc) is 2.60. The van der Waals surface area contributed by atoms with Crippen molar-refractivity contribution in [3.05, 3.63) is 58.1 Å². The van der Waals surface area contributed by atoms with Crippen molar-refractivity contribution in [2.45, 2.75) is 6.54 Å². The number of carbonyl (C=O) groups is 2. The zero-order valence-electron chi connectivity index (χ0n) is 13.8. The maximum absolute atomic E-state index is 13.3. The van der Waals surface area contributed by atoms with Crippen molar-refractivity contribution in [2.75, 3.05) is 25.1 Å². The van der Waals surface area contributed by atoms with Crippen LogP contribution in [0, 0.1) is 11.6 Å². The van der Waals surface area contributed by atoms with Gasteiger partial charge >= 0.3 is 0 Å². The lowest BCUT2D eigenvalue weighted by atomic mass is 10.2. The number of hydrogen-bond donors (Lipinski definition) is 0. The predicted molar refractivity (Wildman–Crippen MR) is 94.8 cm³/mol. The summed E-state index contributed by atoms with van der Waals surface area (Å²) in [4.78, 5) is 27.4. The number of fused-ring (bicyclic) bond motifs is 1. The average molecular weight is 425 g/mol. The smallest absolute Gasteiger partial charge is 0.265 e. The van der Waals surface area contributed by atoms with Crippen LogP contribution >= 0.6 is 15.9 Å². The van der Waals surface area contributed by atoms with Gasteiger partial charge in [-0.3, -0.25) is 14.5 Å². The molecule has 8 heteroatoms. The maximum Gasteiger partial charge on any atom is 0.265 e. The van der Waals surface area contributed by atoms with Gasteiger partial charge in [-0.05, 0) is 35.9 Å². The van der Waals surface area contributed by atoms with E-state index in [1.807, 2.05) is 0 Å². The molecule has 0 N–H and O–H groups in total. The molecule has 26 heavy (non-hydrogen) atoms. The lowest BCUT2D eigenvalue weighted by Crippen LogP contribution is -2.45. The largest absolute Gasteiger partial charge is 0.482 e. The van der Waals surface area contributed by atoms with Crippen LogP contribution in [0.5, 0.6) is 5.75 Å². The molecule has 5 nitrogen and oxygen atoms in total. The first kappa shape index (κ1) is 18.3. The molecular weight excluding hydrogens is 410 g/mol.